The second-order valence-electron chi connectivity index (χ2n) is 7.91. The maximum Gasteiger partial charge on any atom is 0.343 e. The van der Waals surface area contributed by atoms with Gasteiger partial charge in [-0.3, -0.25) is 0 Å². The van der Waals surface area contributed by atoms with Crippen molar-refractivity contribution in [1.82, 2.24) is 0 Å². The number of hydrogen-bond donors (Lipinski definition) is 1. The van der Waals surface area contributed by atoms with Crippen LogP contribution in [0.25, 0.3) is 0 Å². The Morgan fingerprint density at radius 3 is 2.32 bits per heavy atom. The van der Waals surface area contributed by atoms with Crippen LogP contribution in [0.2, 0.25) is 0 Å². The van der Waals surface area contributed by atoms with Gasteiger partial charge in [0.15, 0.2) is 11.7 Å². The second-order valence-corrected chi connectivity index (χ2v) is 7.91. The van der Waals surface area contributed by atoms with Crippen LogP contribution in [0.5, 0.6) is 0 Å². The van der Waals surface area contributed by atoms with E-state index in [0.29, 0.717) is 5.56 Å². The largest absolute Gasteiger partial charge is 1.00 e. The molecule has 0 aromatic heterocycles. The summed E-state index contributed by atoms with van der Waals surface area (Å²) in [6.07, 6.45) is 4.21. The van der Waals surface area contributed by atoms with Crippen LogP contribution in [-0.2, 0) is 15.1 Å². The van der Waals surface area contributed by atoms with E-state index in [9.17, 15) is 14.3 Å². The number of hydrogen-bond acceptors (Lipinski definition) is 3. The monoisotopic (exact) mass is 415 g/mol. The molecule has 1 aliphatic heterocycles. The second kappa shape index (κ2) is 7.72. The van der Waals surface area contributed by atoms with Gasteiger partial charge >= 0.3 is 5.97 Å². The molecule has 1 aromatic carbocycles. The summed E-state index contributed by atoms with van der Waals surface area (Å²) in [6, 6.07) is 5.59. The van der Waals surface area contributed by atoms with Crippen molar-refractivity contribution in [1.29, 1.82) is 0 Å². The van der Waals surface area contributed by atoms with Gasteiger partial charge in [0.2, 0.25) is 0 Å². The molecule has 1 saturated carbocycles. The summed E-state index contributed by atoms with van der Waals surface area (Å²) in [5.74, 6) is -1.12. The third-order valence-electron chi connectivity index (χ3n) is 5.57. The van der Waals surface area contributed by atoms with E-state index in [2.05, 4.69) is 14.1 Å². The molecule has 25 heavy (non-hydrogen) atoms. The Bertz CT molecular complexity index is 601. The fraction of sp³-hybridized carbons (Fsp3) is 0.632. The zero-order chi connectivity index (χ0) is 17.4. The molecular weight excluding hydrogens is 389 g/mol. The number of ether oxygens (including phenoxy) is 1. The van der Waals surface area contributed by atoms with Crippen LogP contribution < -0.4 is 17.0 Å². The fourth-order valence-electron chi connectivity index (χ4n) is 4.13. The Hall–Kier alpha value is -0.980. The molecule has 1 aromatic rings. The Labute approximate surface area is 159 Å². The maximum atomic E-state index is 13.3. The molecule has 140 valence electrons. The van der Waals surface area contributed by atoms with E-state index in [4.69, 9.17) is 4.74 Å². The van der Waals surface area contributed by atoms with Gasteiger partial charge in [-0.25, -0.2) is 9.18 Å². The number of aliphatic hydroxyl groups is 1. The molecular formula is C19H27BrFNO3. The number of benzene rings is 1. The van der Waals surface area contributed by atoms with Crippen LogP contribution in [0.4, 0.5) is 4.39 Å². The van der Waals surface area contributed by atoms with E-state index < -0.39 is 11.6 Å². The van der Waals surface area contributed by atoms with E-state index in [1.807, 2.05) is 0 Å². The third kappa shape index (κ3) is 4.23. The highest BCUT2D eigenvalue weighted by Crippen LogP contribution is 2.42. The Morgan fingerprint density at radius 1 is 1.20 bits per heavy atom. The van der Waals surface area contributed by atoms with Crippen molar-refractivity contribution < 1.29 is 40.5 Å². The van der Waals surface area contributed by atoms with Crippen LogP contribution in [0.3, 0.4) is 0 Å². The smallest absolute Gasteiger partial charge is 0.343 e. The van der Waals surface area contributed by atoms with Crippen molar-refractivity contribution in [3.8, 4) is 0 Å². The van der Waals surface area contributed by atoms with Crippen LogP contribution in [0.15, 0.2) is 24.3 Å². The summed E-state index contributed by atoms with van der Waals surface area (Å²) in [7, 11) is 4.22. The first kappa shape index (κ1) is 20.3. The van der Waals surface area contributed by atoms with Gasteiger partial charge in [0.05, 0.1) is 20.6 Å². The Balaban J connectivity index is 0.00000225. The third-order valence-corrected chi connectivity index (χ3v) is 5.57. The average molecular weight is 416 g/mol. The van der Waals surface area contributed by atoms with Gasteiger partial charge in [0.25, 0.3) is 0 Å². The number of carbonyl (C=O) groups excluding carboxylic acids is 1. The summed E-state index contributed by atoms with van der Waals surface area (Å²) in [6.45, 7) is 1.71. The summed E-state index contributed by atoms with van der Waals surface area (Å²) >= 11 is 0. The van der Waals surface area contributed by atoms with Crippen LogP contribution >= 0.6 is 0 Å². The van der Waals surface area contributed by atoms with Gasteiger partial charge in [-0.2, -0.15) is 0 Å². The predicted octanol–water partition coefficient (Wildman–Crippen LogP) is -0.401. The van der Waals surface area contributed by atoms with Gasteiger partial charge < -0.3 is 31.3 Å². The van der Waals surface area contributed by atoms with Gasteiger partial charge in [0, 0.05) is 12.3 Å². The minimum Gasteiger partial charge on any atom is -1.00 e. The van der Waals surface area contributed by atoms with E-state index in [1.165, 1.54) is 24.3 Å². The molecule has 2 atom stereocenters. The van der Waals surface area contributed by atoms with Gasteiger partial charge in [-0.15, -0.1) is 0 Å². The minimum absolute atomic E-state index is 0. The first-order valence-corrected chi connectivity index (χ1v) is 8.83. The highest BCUT2D eigenvalue weighted by atomic mass is 79.9. The molecule has 1 aliphatic carbocycles. The number of rotatable bonds is 4. The molecule has 2 aliphatic rings. The van der Waals surface area contributed by atoms with Crippen LogP contribution in [0.1, 0.15) is 37.7 Å². The Kier molecular flexibility index (Phi) is 6.28. The number of esters is 1. The lowest BCUT2D eigenvalue weighted by atomic mass is 9.80. The zero-order valence-corrected chi connectivity index (χ0v) is 16.5. The van der Waals surface area contributed by atoms with Gasteiger partial charge in [-0.1, -0.05) is 25.0 Å². The quantitative estimate of drug-likeness (QED) is 0.537. The highest BCUT2D eigenvalue weighted by molar-refractivity contribution is 5.81. The number of likely N-dealkylation sites (N-methyl/N-ethyl adjacent to an activating group) is 1. The molecule has 1 N–H and O–H groups in total. The van der Waals surface area contributed by atoms with Crippen molar-refractivity contribution in [3.05, 3.63) is 35.6 Å². The van der Waals surface area contributed by atoms with Gasteiger partial charge in [0.1, 0.15) is 12.4 Å². The number of carbonyl (C=O) groups is 1. The molecule has 1 saturated heterocycles. The standard InChI is InChI=1S/C19H27FNO3.BrH/c1-21(2)12-11-17(13-21)24-18(22)19(23,14-5-3-4-6-14)15-7-9-16(20)10-8-15;/h7-10,14,17,23H,3-6,11-13H2,1-2H3;1H/q+1;/p-1/t17-,19-;/m1./s1. The lowest BCUT2D eigenvalue weighted by Crippen LogP contribution is -3.00. The summed E-state index contributed by atoms with van der Waals surface area (Å²) in [4.78, 5) is 12.9. The minimum atomic E-state index is -1.68. The molecule has 4 nitrogen and oxygen atoms in total. The Morgan fingerprint density at radius 2 is 1.80 bits per heavy atom. The summed E-state index contributed by atoms with van der Waals surface area (Å²) < 4.78 is 19.8. The van der Waals surface area contributed by atoms with Crippen molar-refractivity contribution in [3.63, 3.8) is 0 Å². The number of likely N-dealkylation sites (tertiary alicyclic amines) is 1. The molecule has 3 rings (SSSR count). The van der Waals surface area contributed by atoms with E-state index in [-0.39, 0.29) is 34.8 Å². The number of nitrogens with zero attached hydrogens (tertiary/aromatic N) is 1. The number of halogens is 2. The zero-order valence-electron chi connectivity index (χ0n) is 14.9. The van der Waals surface area contributed by atoms with Crippen molar-refractivity contribution >= 4 is 5.97 Å². The van der Waals surface area contributed by atoms with Crippen LogP contribution in [0, 0.1) is 11.7 Å². The SMILES string of the molecule is C[N+]1(C)CC[C@@H](OC(=O)[C@](O)(c2ccc(F)cc2)C2CCCC2)C1.[Br-]. The van der Waals surface area contributed by atoms with Crippen molar-refractivity contribution in [2.24, 2.45) is 5.92 Å². The highest BCUT2D eigenvalue weighted by Gasteiger charge is 2.49. The van der Waals surface area contributed by atoms with E-state index in [1.54, 1.807) is 0 Å². The topological polar surface area (TPSA) is 46.5 Å². The summed E-state index contributed by atoms with van der Waals surface area (Å²) in [5, 5.41) is 11.3. The lowest BCUT2D eigenvalue weighted by Gasteiger charge is -2.33. The van der Waals surface area contributed by atoms with E-state index >= 15 is 0 Å². The predicted molar refractivity (Wildman–Crippen MR) is 88.6 cm³/mol. The van der Waals surface area contributed by atoms with E-state index in [0.717, 1.165) is 49.7 Å². The fourth-order valence-corrected chi connectivity index (χ4v) is 4.13. The normalized spacial score (nSPS) is 25.2. The molecule has 2 fully saturated rings. The van der Waals surface area contributed by atoms with Crippen molar-refractivity contribution in [2.45, 2.75) is 43.8 Å². The van der Waals surface area contributed by atoms with Crippen molar-refractivity contribution in [2.75, 3.05) is 27.2 Å². The molecule has 6 heteroatoms. The molecule has 0 spiro atoms. The maximum absolute atomic E-state index is 13.3. The molecule has 0 radical (unpaired) electrons. The first-order chi connectivity index (χ1) is 11.3. The molecule has 0 bridgehead atoms. The molecule has 1 heterocycles. The van der Waals surface area contributed by atoms with Crippen LogP contribution in [-0.4, -0.2) is 48.8 Å². The average Bonchev–Trinajstić information content (AvgIpc) is 3.17. The molecule has 0 amide bonds. The molecule has 0 unspecified atom stereocenters. The first-order valence-electron chi connectivity index (χ1n) is 8.83. The number of quaternary nitrogens is 1. The lowest BCUT2D eigenvalue weighted by molar-refractivity contribution is -0.879. The summed E-state index contributed by atoms with van der Waals surface area (Å²) in [5.41, 5.74) is -1.24. The van der Waals surface area contributed by atoms with Gasteiger partial charge in [-0.05, 0) is 30.5 Å².